The van der Waals surface area contributed by atoms with E-state index in [0.717, 1.165) is 5.56 Å². The number of aryl methyl sites for hydroxylation is 1. The van der Waals surface area contributed by atoms with Crippen LogP contribution in [0.1, 0.15) is 23.7 Å². The van der Waals surface area contributed by atoms with Gasteiger partial charge in [-0.1, -0.05) is 29.8 Å². The largest absolute Gasteiger partial charge is 0.506 e. The van der Waals surface area contributed by atoms with Crippen molar-refractivity contribution in [3.8, 4) is 5.75 Å². The maximum absolute atomic E-state index is 11.9. The lowest BCUT2D eigenvalue weighted by atomic mass is 10.1. The van der Waals surface area contributed by atoms with Crippen molar-refractivity contribution in [2.24, 2.45) is 0 Å². The Hall–Kier alpha value is -2.04. The Morgan fingerprint density at radius 1 is 1.24 bits per heavy atom. The number of halogens is 1. The van der Waals surface area contributed by atoms with Crippen LogP contribution in [-0.2, 0) is 4.79 Å². The molecule has 3 N–H and O–H groups in total. The zero-order valence-electron chi connectivity index (χ0n) is 11.5. The Kier molecular flexibility index (Phi) is 4.83. The summed E-state index contributed by atoms with van der Waals surface area (Å²) in [6, 6.07) is 11.6. The quantitative estimate of drug-likeness (QED) is 0.758. The number of benzene rings is 2. The molecule has 0 aliphatic carbocycles. The molecule has 0 saturated carbocycles. The van der Waals surface area contributed by atoms with E-state index < -0.39 is 6.10 Å². The fraction of sp³-hybridized carbons (Fsp3) is 0.188. The van der Waals surface area contributed by atoms with Gasteiger partial charge in [0.1, 0.15) is 5.75 Å². The summed E-state index contributed by atoms with van der Waals surface area (Å²) < 4.78 is 0. The molecule has 5 heteroatoms. The molecule has 0 aliphatic rings. The third-order valence-electron chi connectivity index (χ3n) is 3.06. The van der Waals surface area contributed by atoms with Crippen LogP contribution < -0.4 is 5.32 Å². The second-order valence-corrected chi connectivity index (χ2v) is 5.28. The summed E-state index contributed by atoms with van der Waals surface area (Å²) in [5, 5.41) is 22.8. The molecule has 2 rings (SSSR count). The Bertz CT molecular complexity index is 640. The normalized spacial score (nSPS) is 12.0. The van der Waals surface area contributed by atoms with E-state index in [2.05, 4.69) is 5.32 Å². The Labute approximate surface area is 128 Å². The van der Waals surface area contributed by atoms with E-state index in [-0.39, 0.29) is 18.1 Å². The van der Waals surface area contributed by atoms with Gasteiger partial charge >= 0.3 is 0 Å². The van der Waals surface area contributed by atoms with Crippen LogP contribution in [0.25, 0.3) is 0 Å². The van der Waals surface area contributed by atoms with Gasteiger partial charge in [0.15, 0.2) is 0 Å². The first kappa shape index (κ1) is 15.4. The van der Waals surface area contributed by atoms with Crippen LogP contribution in [-0.4, -0.2) is 16.1 Å². The number of aliphatic hydroxyl groups excluding tert-OH is 1. The first-order chi connectivity index (χ1) is 9.95. The minimum Gasteiger partial charge on any atom is -0.506 e. The van der Waals surface area contributed by atoms with E-state index in [1.54, 1.807) is 36.4 Å². The van der Waals surface area contributed by atoms with Crippen molar-refractivity contribution in [1.82, 2.24) is 0 Å². The number of carbonyl (C=O) groups is 1. The summed E-state index contributed by atoms with van der Waals surface area (Å²) in [4.78, 5) is 11.9. The minimum atomic E-state index is -0.922. The number of phenols is 1. The number of nitrogens with one attached hydrogen (secondary N) is 1. The molecule has 0 fully saturated rings. The predicted octanol–water partition coefficient (Wildman–Crippen LogP) is 3.42. The highest BCUT2D eigenvalue weighted by atomic mass is 35.5. The van der Waals surface area contributed by atoms with E-state index in [4.69, 9.17) is 11.6 Å². The van der Waals surface area contributed by atoms with Gasteiger partial charge in [-0.05, 0) is 42.3 Å². The summed E-state index contributed by atoms with van der Waals surface area (Å²) in [7, 11) is 0. The lowest BCUT2D eigenvalue weighted by molar-refractivity contribution is -0.118. The van der Waals surface area contributed by atoms with E-state index in [9.17, 15) is 15.0 Å². The van der Waals surface area contributed by atoms with E-state index in [1.165, 1.54) is 6.07 Å². The van der Waals surface area contributed by atoms with Crippen molar-refractivity contribution in [2.45, 2.75) is 19.4 Å². The highest BCUT2D eigenvalue weighted by molar-refractivity contribution is 6.30. The molecule has 110 valence electrons. The number of aliphatic hydroxyl groups is 1. The molecule has 1 atom stereocenters. The van der Waals surface area contributed by atoms with Crippen LogP contribution in [0.15, 0.2) is 42.5 Å². The van der Waals surface area contributed by atoms with Gasteiger partial charge in [0.05, 0.1) is 18.2 Å². The Morgan fingerprint density at radius 2 is 1.90 bits per heavy atom. The standard InChI is InChI=1S/C16H16ClNO3/c1-10-2-7-14(19)13(8-10)18-16(21)9-15(20)11-3-5-12(17)6-4-11/h2-8,15,19-20H,9H2,1H3,(H,18,21). The molecular formula is C16H16ClNO3. The van der Waals surface area contributed by atoms with E-state index in [1.807, 2.05) is 6.92 Å². The highest BCUT2D eigenvalue weighted by Crippen LogP contribution is 2.25. The van der Waals surface area contributed by atoms with Gasteiger partial charge in [-0.3, -0.25) is 4.79 Å². The van der Waals surface area contributed by atoms with Crippen LogP contribution in [0.3, 0.4) is 0 Å². The molecule has 21 heavy (non-hydrogen) atoms. The molecule has 0 spiro atoms. The van der Waals surface area contributed by atoms with Gasteiger partial charge in [-0.25, -0.2) is 0 Å². The predicted molar refractivity (Wildman–Crippen MR) is 82.5 cm³/mol. The van der Waals surface area contributed by atoms with Gasteiger partial charge in [-0.2, -0.15) is 0 Å². The average molecular weight is 306 g/mol. The second kappa shape index (κ2) is 6.61. The minimum absolute atomic E-state index is 0.00469. The molecule has 2 aromatic rings. The zero-order chi connectivity index (χ0) is 15.4. The number of aromatic hydroxyl groups is 1. The van der Waals surface area contributed by atoms with Crippen molar-refractivity contribution in [1.29, 1.82) is 0 Å². The van der Waals surface area contributed by atoms with Crippen LogP contribution >= 0.6 is 11.6 Å². The topological polar surface area (TPSA) is 69.6 Å². The number of hydrogen-bond acceptors (Lipinski definition) is 3. The van der Waals surface area contributed by atoms with Crippen LogP contribution in [0.2, 0.25) is 5.02 Å². The number of hydrogen-bond donors (Lipinski definition) is 3. The fourth-order valence-corrected chi connectivity index (χ4v) is 2.06. The molecular weight excluding hydrogens is 290 g/mol. The van der Waals surface area contributed by atoms with Gasteiger partial charge in [0, 0.05) is 5.02 Å². The third-order valence-corrected chi connectivity index (χ3v) is 3.31. The molecule has 0 aromatic heterocycles. The molecule has 0 radical (unpaired) electrons. The average Bonchev–Trinajstić information content (AvgIpc) is 2.43. The summed E-state index contributed by atoms with van der Waals surface area (Å²) in [5.41, 5.74) is 1.87. The number of amides is 1. The molecule has 0 bridgehead atoms. The van der Waals surface area contributed by atoms with Gasteiger partial charge in [-0.15, -0.1) is 0 Å². The first-order valence-electron chi connectivity index (χ1n) is 6.48. The molecule has 0 aliphatic heterocycles. The summed E-state index contributed by atoms with van der Waals surface area (Å²) in [6.07, 6.45) is -1.02. The van der Waals surface area contributed by atoms with E-state index in [0.29, 0.717) is 16.3 Å². The third kappa shape index (κ3) is 4.21. The molecule has 0 heterocycles. The van der Waals surface area contributed by atoms with Crippen LogP contribution in [0, 0.1) is 6.92 Å². The summed E-state index contributed by atoms with van der Waals surface area (Å²) in [6.45, 7) is 1.86. The van der Waals surface area contributed by atoms with Gasteiger partial charge < -0.3 is 15.5 Å². The van der Waals surface area contributed by atoms with Crippen LogP contribution in [0.5, 0.6) is 5.75 Å². The van der Waals surface area contributed by atoms with Crippen molar-refractivity contribution < 1.29 is 15.0 Å². The lowest BCUT2D eigenvalue weighted by Crippen LogP contribution is -2.15. The molecule has 2 aromatic carbocycles. The molecule has 1 amide bonds. The summed E-state index contributed by atoms with van der Waals surface area (Å²) in [5.74, 6) is -0.381. The summed E-state index contributed by atoms with van der Waals surface area (Å²) >= 11 is 5.77. The lowest BCUT2D eigenvalue weighted by Gasteiger charge is -2.12. The maximum Gasteiger partial charge on any atom is 0.227 e. The van der Waals surface area contributed by atoms with Gasteiger partial charge in [0.2, 0.25) is 5.91 Å². The smallest absolute Gasteiger partial charge is 0.227 e. The number of rotatable bonds is 4. The number of anilines is 1. The van der Waals surface area contributed by atoms with Crippen molar-refractivity contribution in [3.05, 3.63) is 58.6 Å². The van der Waals surface area contributed by atoms with Crippen molar-refractivity contribution in [3.63, 3.8) is 0 Å². The maximum atomic E-state index is 11.9. The van der Waals surface area contributed by atoms with Gasteiger partial charge in [0.25, 0.3) is 0 Å². The first-order valence-corrected chi connectivity index (χ1v) is 6.86. The zero-order valence-corrected chi connectivity index (χ0v) is 12.3. The Balaban J connectivity index is 2.01. The van der Waals surface area contributed by atoms with Crippen LogP contribution in [0.4, 0.5) is 5.69 Å². The molecule has 0 saturated heterocycles. The molecule has 1 unspecified atom stereocenters. The number of carbonyl (C=O) groups excluding carboxylic acids is 1. The fourth-order valence-electron chi connectivity index (χ4n) is 1.93. The van der Waals surface area contributed by atoms with E-state index >= 15 is 0 Å². The van der Waals surface area contributed by atoms with Crippen molar-refractivity contribution >= 4 is 23.2 Å². The number of phenolic OH excluding ortho intramolecular Hbond substituents is 1. The monoisotopic (exact) mass is 305 g/mol. The highest BCUT2D eigenvalue weighted by Gasteiger charge is 2.14. The second-order valence-electron chi connectivity index (χ2n) is 4.84. The van der Waals surface area contributed by atoms with Crippen molar-refractivity contribution in [2.75, 3.05) is 5.32 Å². The molecule has 4 nitrogen and oxygen atoms in total. The SMILES string of the molecule is Cc1ccc(O)c(NC(=O)CC(O)c2ccc(Cl)cc2)c1. The Morgan fingerprint density at radius 3 is 2.57 bits per heavy atom.